The molecule has 2 rings (SSSR count). The highest BCUT2D eigenvalue weighted by Crippen LogP contribution is 2.32. The summed E-state index contributed by atoms with van der Waals surface area (Å²) >= 11 is 1.54. The third-order valence-corrected chi connectivity index (χ3v) is 3.61. The van der Waals surface area contributed by atoms with Gasteiger partial charge in [-0.1, -0.05) is 35.1 Å². The maximum Gasteiger partial charge on any atom is 0.171 e. The summed E-state index contributed by atoms with van der Waals surface area (Å²) in [6, 6.07) is 15.3. The van der Waals surface area contributed by atoms with Gasteiger partial charge in [0.05, 0.1) is 7.11 Å². The predicted molar refractivity (Wildman–Crippen MR) is 76.1 cm³/mol. The number of nitrogens with two attached hydrogens (primary N) is 1. The molecule has 0 radical (unpaired) electrons. The van der Waals surface area contributed by atoms with E-state index in [9.17, 15) is 0 Å². The summed E-state index contributed by atoms with van der Waals surface area (Å²) in [5.41, 5.74) is 6.36. The number of oxime groups is 1. The van der Waals surface area contributed by atoms with Crippen LogP contribution in [0.4, 0.5) is 0 Å². The van der Waals surface area contributed by atoms with Gasteiger partial charge in [-0.25, -0.2) is 0 Å². The summed E-state index contributed by atoms with van der Waals surface area (Å²) in [7, 11) is 1.61. The van der Waals surface area contributed by atoms with Gasteiger partial charge in [-0.05, 0) is 30.3 Å². The van der Waals surface area contributed by atoms with Crippen LogP contribution in [0.2, 0.25) is 0 Å². The molecule has 5 heteroatoms. The summed E-state index contributed by atoms with van der Waals surface area (Å²) in [4.78, 5) is 1.95. The summed E-state index contributed by atoms with van der Waals surface area (Å²) in [5.74, 6) is 0.814. The normalized spacial score (nSPS) is 11.3. The van der Waals surface area contributed by atoms with Crippen LogP contribution in [-0.2, 0) is 0 Å². The highest BCUT2D eigenvalue weighted by molar-refractivity contribution is 7.99. The Morgan fingerprint density at radius 3 is 2.58 bits per heavy atom. The Morgan fingerprint density at radius 2 is 1.95 bits per heavy atom. The number of rotatable bonds is 4. The molecule has 0 saturated carbocycles. The van der Waals surface area contributed by atoms with E-state index in [-0.39, 0.29) is 5.84 Å². The highest BCUT2D eigenvalue weighted by Gasteiger charge is 2.10. The van der Waals surface area contributed by atoms with Crippen LogP contribution in [0.15, 0.2) is 63.5 Å². The lowest BCUT2D eigenvalue weighted by Crippen LogP contribution is -2.14. The van der Waals surface area contributed by atoms with E-state index >= 15 is 0 Å². The molecule has 0 spiro atoms. The van der Waals surface area contributed by atoms with Gasteiger partial charge in [-0.15, -0.1) is 0 Å². The van der Waals surface area contributed by atoms with Crippen LogP contribution in [0.3, 0.4) is 0 Å². The van der Waals surface area contributed by atoms with Crippen molar-refractivity contribution >= 4 is 17.6 Å². The number of hydrogen-bond acceptors (Lipinski definition) is 4. The van der Waals surface area contributed by atoms with Crippen LogP contribution in [0.1, 0.15) is 5.56 Å². The molecule has 2 aromatic rings. The molecular weight excluding hydrogens is 260 g/mol. The van der Waals surface area contributed by atoms with Gasteiger partial charge in [-0.3, -0.25) is 0 Å². The second-order valence-electron chi connectivity index (χ2n) is 3.76. The average molecular weight is 274 g/mol. The molecule has 0 fully saturated rings. The summed E-state index contributed by atoms with van der Waals surface area (Å²) in [5, 5.41) is 11.9. The van der Waals surface area contributed by atoms with Crippen molar-refractivity contribution in [3.63, 3.8) is 0 Å². The maximum absolute atomic E-state index is 8.83. The Balaban J connectivity index is 2.41. The van der Waals surface area contributed by atoms with E-state index in [1.54, 1.807) is 19.2 Å². The fourth-order valence-corrected chi connectivity index (χ4v) is 2.60. The van der Waals surface area contributed by atoms with Gasteiger partial charge in [0.2, 0.25) is 0 Å². The van der Waals surface area contributed by atoms with Gasteiger partial charge in [0, 0.05) is 15.4 Å². The van der Waals surface area contributed by atoms with Crippen LogP contribution in [-0.4, -0.2) is 18.2 Å². The Hall–Kier alpha value is -2.14. The molecule has 4 nitrogen and oxygen atoms in total. The zero-order valence-corrected chi connectivity index (χ0v) is 11.2. The molecule has 0 aliphatic rings. The molecule has 0 aliphatic carbocycles. The molecule has 0 bridgehead atoms. The number of benzene rings is 2. The van der Waals surface area contributed by atoms with Crippen molar-refractivity contribution in [3.8, 4) is 5.75 Å². The number of ether oxygens (including phenoxy) is 1. The second kappa shape index (κ2) is 6.15. The van der Waals surface area contributed by atoms with E-state index in [4.69, 9.17) is 15.7 Å². The van der Waals surface area contributed by atoms with Crippen molar-refractivity contribution in [2.45, 2.75) is 9.79 Å². The third kappa shape index (κ3) is 3.20. The van der Waals surface area contributed by atoms with Crippen molar-refractivity contribution in [2.75, 3.05) is 7.11 Å². The van der Waals surface area contributed by atoms with Crippen LogP contribution < -0.4 is 10.5 Å². The molecule has 0 aromatic heterocycles. The van der Waals surface area contributed by atoms with Crippen molar-refractivity contribution in [2.24, 2.45) is 10.9 Å². The standard InChI is InChI=1S/C14H14N2O2S/c1-18-10-7-8-12(14(15)16-17)13(9-10)19-11-5-3-2-4-6-11/h2-9,17H,1H3,(H2,15,16). The first-order chi connectivity index (χ1) is 9.24. The van der Waals surface area contributed by atoms with E-state index in [1.165, 1.54) is 11.8 Å². The predicted octanol–water partition coefficient (Wildman–Crippen LogP) is 2.94. The lowest BCUT2D eigenvalue weighted by Gasteiger charge is -2.10. The molecule has 0 heterocycles. The molecule has 0 atom stereocenters. The third-order valence-electron chi connectivity index (χ3n) is 2.54. The van der Waals surface area contributed by atoms with Crippen LogP contribution in [0, 0.1) is 0 Å². The first-order valence-electron chi connectivity index (χ1n) is 5.63. The van der Waals surface area contributed by atoms with Gasteiger partial charge >= 0.3 is 0 Å². The average Bonchev–Trinajstić information content (AvgIpc) is 2.47. The van der Waals surface area contributed by atoms with Crippen molar-refractivity contribution in [1.29, 1.82) is 0 Å². The minimum Gasteiger partial charge on any atom is -0.497 e. The zero-order chi connectivity index (χ0) is 13.7. The topological polar surface area (TPSA) is 67.8 Å². The minimum absolute atomic E-state index is 0.0843. The zero-order valence-electron chi connectivity index (χ0n) is 10.4. The van der Waals surface area contributed by atoms with Crippen LogP contribution in [0.5, 0.6) is 5.75 Å². The van der Waals surface area contributed by atoms with Gasteiger partial charge in [-0.2, -0.15) is 0 Å². The fraction of sp³-hybridized carbons (Fsp3) is 0.0714. The fourth-order valence-electron chi connectivity index (χ4n) is 1.60. The van der Waals surface area contributed by atoms with Crippen LogP contribution in [0.25, 0.3) is 0 Å². The Bertz CT molecular complexity index is 585. The minimum atomic E-state index is 0.0843. The molecule has 2 aromatic carbocycles. The molecule has 19 heavy (non-hydrogen) atoms. The van der Waals surface area contributed by atoms with E-state index in [0.29, 0.717) is 5.56 Å². The number of hydrogen-bond donors (Lipinski definition) is 2. The first kappa shape index (κ1) is 13.3. The quantitative estimate of drug-likeness (QED) is 0.389. The Labute approximate surface area is 115 Å². The molecule has 0 aliphatic heterocycles. The SMILES string of the molecule is COc1ccc(/C(N)=N/O)c(Sc2ccccc2)c1. The summed E-state index contributed by atoms with van der Waals surface area (Å²) in [6.45, 7) is 0. The number of methoxy groups -OCH3 is 1. The van der Waals surface area contributed by atoms with E-state index in [1.807, 2.05) is 36.4 Å². The Morgan fingerprint density at radius 1 is 1.21 bits per heavy atom. The van der Waals surface area contributed by atoms with Crippen molar-refractivity contribution < 1.29 is 9.94 Å². The first-order valence-corrected chi connectivity index (χ1v) is 6.45. The second-order valence-corrected chi connectivity index (χ2v) is 4.88. The van der Waals surface area contributed by atoms with E-state index in [0.717, 1.165) is 15.5 Å². The van der Waals surface area contributed by atoms with Crippen molar-refractivity contribution in [3.05, 3.63) is 54.1 Å². The van der Waals surface area contributed by atoms with Crippen molar-refractivity contribution in [1.82, 2.24) is 0 Å². The Kier molecular flexibility index (Phi) is 4.30. The smallest absolute Gasteiger partial charge is 0.171 e. The number of amidine groups is 1. The van der Waals surface area contributed by atoms with E-state index < -0.39 is 0 Å². The van der Waals surface area contributed by atoms with Gasteiger partial charge in [0.15, 0.2) is 5.84 Å². The highest BCUT2D eigenvalue weighted by atomic mass is 32.2. The van der Waals surface area contributed by atoms with Gasteiger partial charge < -0.3 is 15.7 Å². The maximum atomic E-state index is 8.83. The molecular formula is C14H14N2O2S. The lowest BCUT2D eigenvalue weighted by molar-refractivity contribution is 0.318. The molecule has 98 valence electrons. The lowest BCUT2D eigenvalue weighted by atomic mass is 10.2. The largest absolute Gasteiger partial charge is 0.497 e. The summed E-state index contributed by atoms with van der Waals surface area (Å²) in [6.07, 6.45) is 0. The van der Waals surface area contributed by atoms with Gasteiger partial charge in [0.1, 0.15) is 5.75 Å². The molecule has 0 saturated heterocycles. The van der Waals surface area contributed by atoms with Gasteiger partial charge in [0.25, 0.3) is 0 Å². The number of nitrogens with zero attached hydrogens (tertiary/aromatic N) is 1. The van der Waals surface area contributed by atoms with E-state index in [2.05, 4.69) is 5.16 Å². The molecule has 0 amide bonds. The monoisotopic (exact) mass is 274 g/mol. The van der Waals surface area contributed by atoms with Crippen LogP contribution >= 0.6 is 11.8 Å². The molecule has 0 unspecified atom stereocenters. The summed E-state index contributed by atoms with van der Waals surface area (Å²) < 4.78 is 5.20. The molecule has 3 N–H and O–H groups in total.